The minimum absolute atomic E-state index is 0.273. The standard InChI is InChI=1S/C15H32N2O/c1-14(2,3)13-11-17(9-7-8-10-18-6)15(4,5)12-16-13/h13,16H,7-12H2,1-6H3. The summed E-state index contributed by atoms with van der Waals surface area (Å²) in [6.45, 7) is 16.0. The zero-order chi connectivity index (χ0) is 13.8. The molecule has 108 valence electrons. The summed E-state index contributed by atoms with van der Waals surface area (Å²) in [5, 5.41) is 3.71. The van der Waals surface area contributed by atoms with E-state index in [4.69, 9.17) is 4.74 Å². The molecule has 3 heteroatoms. The van der Waals surface area contributed by atoms with Crippen LogP contribution in [0.25, 0.3) is 0 Å². The van der Waals surface area contributed by atoms with E-state index in [1.807, 2.05) is 0 Å². The van der Waals surface area contributed by atoms with E-state index < -0.39 is 0 Å². The lowest BCUT2D eigenvalue weighted by Crippen LogP contribution is -2.64. The number of hydrogen-bond donors (Lipinski definition) is 1. The summed E-state index contributed by atoms with van der Waals surface area (Å²) in [4.78, 5) is 2.65. The molecule has 1 heterocycles. The number of methoxy groups -OCH3 is 1. The Morgan fingerprint density at radius 2 is 1.94 bits per heavy atom. The van der Waals surface area contributed by atoms with E-state index in [-0.39, 0.29) is 5.54 Å². The molecule has 1 aliphatic heterocycles. The highest BCUT2D eigenvalue weighted by molar-refractivity contribution is 4.96. The minimum atomic E-state index is 0.273. The SMILES string of the molecule is COCCCCN1CC(C(C)(C)C)NCC1(C)C. The second kappa shape index (κ2) is 6.36. The minimum Gasteiger partial charge on any atom is -0.385 e. The molecule has 0 aliphatic carbocycles. The van der Waals surface area contributed by atoms with Crippen LogP contribution in [0.3, 0.4) is 0 Å². The first-order valence-electron chi connectivity index (χ1n) is 7.25. The van der Waals surface area contributed by atoms with Crippen molar-refractivity contribution in [3.05, 3.63) is 0 Å². The van der Waals surface area contributed by atoms with Gasteiger partial charge in [0.05, 0.1) is 0 Å². The average Bonchev–Trinajstić information content (AvgIpc) is 2.24. The largest absolute Gasteiger partial charge is 0.385 e. The Hall–Kier alpha value is -0.120. The summed E-state index contributed by atoms with van der Waals surface area (Å²) < 4.78 is 5.13. The smallest absolute Gasteiger partial charge is 0.0462 e. The molecule has 0 saturated carbocycles. The molecule has 3 nitrogen and oxygen atoms in total. The second-order valence-electron chi connectivity index (χ2n) is 7.26. The zero-order valence-corrected chi connectivity index (χ0v) is 13.2. The number of ether oxygens (including phenoxy) is 1. The van der Waals surface area contributed by atoms with Gasteiger partial charge in [-0.15, -0.1) is 0 Å². The maximum atomic E-state index is 5.13. The highest BCUT2D eigenvalue weighted by atomic mass is 16.5. The van der Waals surface area contributed by atoms with Crippen molar-refractivity contribution in [3.63, 3.8) is 0 Å². The molecule has 1 atom stereocenters. The van der Waals surface area contributed by atoms with E-state index in [1.165, 1.54) is 13.0 Å². The molecule has 1 rings (SSSR count). The number of nitrogens with one attached hydrogen (secondary N) is 1. The Morgan fingerprint density at radius 1 is 1.28 bits per heavy atom. The van der Waals surface area contributed by atoms with Crippen molar-refractivity contribution >= 4 is 0 Å². The Balaban J connectivity index is 2.50. The zero-order valence-electron chi connectivity index (χ0n) is 13.2. The van der Waals surface area contributed by atoms with Gasteiger partial charge >= 0.3 is 0 Å². The molecular weight excluding hydrogens is 224 g/mol. The molecule has 0 aromatic rings. The summed E-state index contributed by atoms with van der Waals surface area (Å²) in [5.41, 5.74) is 0.607. The summed E-state index contributed by atoms with van der Waals surface area (Å²) in [6, 6.07) is 0.591. The van der Waals surface area contributed by atoms with Crippen LogP contribution in [0.2, 0.25) is 0 Å². The molecule has 0 aromatic carbocycles. The van der Waals surface area contributed by atoms with Crippen molar-refractivity contribution in [1.82, 2.24) is 10.2 Å². The van der Waals surface area contributed by atoms with Crippen LogP contribution in [0.1, 0.15) is 47.5 Å². The van der Waals surface area contributed by atoms with Gasteiger partial charge in [-0.25, -0.2) is 0 Å². The van der Waals surface area contributed by atoms with Crippen molar-refractivity contribution in [2.75, 3.05) is 33.4 Å². The molecule has 1 unspecified atom stereocenters. The van der Waals surface area contributed by atoms with E-state index >= 15 is 0 Å². The van der Waals surface area contributed by atoms with Gasteiger partial charge in [-0.3, -0.25) is 4.90 Å². The first-order chi connectivity index (χ1) is 8.27. The Labute approximate surface area is 113 Å². The van der Waals surface area contributed by atoms with Gasteiger partial charge in [-0.05, 0) is 38.6 Å². The van der Waals surface area contributed by atoms with Crippen LogP contribution in [0.4, 0.5) is 0 Å². The molecule has 0 aromatic heterocycles. The highest BCUT2D eigenvalue weighted by Crippen LogP contribution is 2.27. The third-order valence-electron chi connectivity index (χ3n) is 4.11. The lowest BCUT2D eigenvalue weighted by atomic mass is 9.83. The van der Waals surface area contributed by atoms with Crippen LogP contribution in [0.15, 0.2) is 0 Å². The fourth-order valence-corrected chi connectivity index (χ4v) is 2.54. The van der Waals surface area contributed by atoms with E-state index in [1.54, 1.807) is 7.11 Å². The Bertz CT molecular complexity index is 245. The van der Waals surface area contributed by atoms with E-state index in [9.17, 15) is 0 Å². The van der Waals surface area contributed by atoms with Gasteiger partial charge in [0.2, 0.25) is 0 Å². The van der Waals surface area contributed by atoms with Crippen LogP contribution in [0.5, 0.6) is 0 Å². The highest BCUT2D eigenvalue weighted by Gasteiger charge is 2.37. The molecule has 0 spiro atoms. The van der Waals surface area contributed by atoms with E-state index in [0.717, 1.165) is 26.1 Å². The molecule has 1 aliphatic rings. The third kappa shape index (κ3) is 4.52. The van der Waals surface area contributed by atoms with Gasteiger partial charge < -0.3 is 10.1 Å². The second-order valence-corrected chi connectivity index (χ2v) is 7.26. The van der Waals surface area contributed by atoms with Gasteiger partial charge in [-0.2, -0.15) is 0 Å². The normalized spacial score (nSPS) is 25.3. The fourth-order valence-electron chi connectivity index (χ4n) is 2.54. The van der Waals surface area contributed by atoms with Crippen molar-refractivity contribution in [2.45, 2.75) is 59.0 Å². The molecule has 0 amide bonds. The first kappa shape index (κ1) is 15.9. The van der Waals surface area contributed by atoms with Gasteiger partial charge in [0.25, 0.3) is 0 Å². The number of unbranched alkanes of at least 4 members (excludes halogenated alkanes) is 1. The van der Waals surface area contributed by atoms with Gasteiger partial charge in [0.1, 0.15) is 0 Å². The quantitative estimate of drug-likeness (QED) is 0.765. The van der Waals surface area contributed by atoms with Gasteiger partial charge in [0, 0.05) is 38.4 Å². The molecule has 0 bridgehead atoms. The predicted molar refractivity (Wildman–Crippen MR) is 78.0 cm³/mol. The van der Waals surface area contributed by atoms with Crippen molar-refractivity contribution in [1.29, 1.82) is 0 Å². The maximum absolute atomic E-state index is 5.13. The van der Waals surface area contributed by atoms with Gasteiger partial charge in [0.15, 0.2) is 0 Å². The molecule has 1 N–H and O–H groups in total. The molecule has 18 heavy (non-hydrogen) atoms. The number of rotatable bonds is 5. The van der Waals surface area contributed by atoms with Crippen LogP contribution < -0.4 is 5.32 Å². The van der Waals surface area contributed by atoms with Crippen LogP contribution in [-0.4, -0.2) is 49.8 Å². The topological polar surface area (TPSA) is 24.5 Å². The number of piperazine rings is 1. The van der Waals surface area contributed by atoms with Crippen LogP contribution in [-0.2, 0) is 4.74 Å². The lowest BCUT2D eigenvalue weighted by molar-refractivity contribution is 0.0333. The summed E-state index contributed by atoms with van der Waals surface area (Å²) >= 11 is 0. The summed E-state index contributed by atoms with van der Waals surface area (Å²) in [5.74, 6) is 0. The third-order valence-corrected chi connectivity index (χ3v) is 4.11. The van der Waals surface area contributed by atoms with Crippen LogP contribution >= 0.6 is 0 Å². The number of nitrogens with zero attached hydrogens (tertiary/aromatic N) is 1. The lowest BCUT2D eigenvalue weighted by Gasteiger charge is -2.49. The Kier molecular flexibility index (Phi) is 5.63. The maximum Gasteiger partial charge on any atom is 0.0462 e. The average molecular weight is 256 g/mol. The Morgan fingerprint density at radius 3 is 2.50 bits per heavy atom. The van der Waals surface area contributed by atoms with E-state index in [2.05, 4.69) is 44.8 Å². The molecular formula is C15H32N2O. The first-order valence-corrected chi connectivity index (χ1v) is 7.25. The molecule has 0 radical (unpaired) electrons. The van der Waals surface area contributed by atoms with E-state index in [0.29, 0.717) is 11.5 Å². The monoisotopic (exact) mass is 256 g/mol. The molecule has 1 fully saturated rings. The van der Waals surface area contributed by atoms with Crippen molar-refractivity contribution in [2.24, 2.45) is 5.41 Å². The summed E-state index contributed by atoms with van der Waals surface area (Å²) in [6.07, 6.45) is 2.39. The predicted octanol–water partition coefficient (Wildman–Crippen LogP) is 2.51. The molecule has 1 saturated heterocycles. The van der Waals surface area contributed by atoms with Crippen LogP contribution in [0, 0.1) is 5.41 Å². The number of hydrogen-bond acceptors (Lipinski definition) is 3. The van der Waals surface area contributed by atoms with Crippen molar-refractivity contribution in [3.8, 4) is 0 Å². The summed E-state index contributed by atoms with van der Waals surface area (Å²) in [7, 11) is 1.78. The van der Waals surface area contributed by atoms with Gasteiger partial charge in [-0.1, -0.05) is 20.8 Å². The fraction of sp³-hybridized carbons (Fsp3) is 1.00. The van der Waals surface area contributed by atoms with Crippen molar-refractivity contribution < 1.29 is 4.74 Å².